The summed E-state index contributed by atoms with van der Waals surface area (Å²) in [5.41, 5.74) is 0. The molecule has 15 heavy (non-hydrogen) atoms. The second-order valence-electron chi connectivity index (χ2n) is 4.37. The van der Waals surface area contributed by atoms with Gasteiger partial charge in [0.2, 0.25) is 0 Å². The molecule has 0 aliphatic carbocycles. The van der Waals surface area contributed by atoms with Crippen LogP contribution in [0.2, 0.25) is 5.02 Å². The van der Waals surface area contributed by atoms with E-state index in [2.05, 4.69) is 31.2 Å². The van der Waals surface area contributed by atoms with Crippen LogP contribution >= 0.6 is 11.6 Å². The molecular weight excluding hydrogens is 210 g/mol. The normalized spacial score (nSPS) is 13.4. The number of rotatable bonds is 6. The van der Waals surface area contributed by atoms with Gasteiger partial charge in [0.1, 0.15) is 0 Å². The Kier molecular flexibility index (Phi) is 5.12. The summed E-state index contributed by atoms with van der Waals surface area (Å²) in [4.78, 5) is 0. The van der Waals surface area contributed by atoms with Crippen molar-refractivity contribution in [2.75, 3.05) is 13.1 Å². The molecule has 4 heteroatoms. The fourth-order valence-corrected chi connectivity index (χ4v) is 1.49. The van der Waals surface area contributed by atoms with Crippen LogP contribution in [0.3, 0.4) is 0 Å². The molecule has 1 N–H and O–H groups in total. The molecule has 1 unspecified atom stereocenters. The van der Waals surface area contributed by atoms with E-state index < -0.39 is 0 Å². The summed E-state index contributed by atoms with van der Waals surface area (Å²) in [6.45, 7) is 8.60. The van der Waals surface area contributed by atoms with Crippen LogP contribution in [-0.4, -0.2) is 22.9 Å². The molecule has 3 nitrogen and oxygen atoms in total. The van der Waals surface area contributed by atoms with E-state index in [1.165, 1.54) is 6.42 Å². The number of aromatic nitrogens is 2. The fourth-order valence-electron chi connectivity index (χ4n) is 1.35. The smallest absolute Gasteiger partial charge is 0.0785 e. The molecular formula is C11H20ClN3. The first-order valence-electron chi connectivity index (χ1n) is 5.50. The Morgan fingerprint density at radius 2 is 2.20 bits per heavy atom. The van der Waals surface area contributed by atoms with Crippen molar-refractivity contribution in [3.8, 4) is 0 Å². The third-order valence-corrected chi connectivity index (χ3v) is 2.55. The Balaban J connectivity index is 2.21. The van der Waals surface area contributed by atoms with Gasteiger partial charge in [0.15, 0.2) is 0 Å². The van der Waals surface area contributed by atoms with Gasteiger partial charge in [0.05, 0.1) is 17.3 Å². The Bertz CT molecular complexity index is 283. The average molecular weight is 230 g/mol. The third kappa shape index (κ3) is 4.67. The number of hydrogen-bond acceptors (Lipinski definition) is 2. The lowest BCUT2D eigenvalue weighted by Gasteiger charge is -2.13. The summed E-state index contributed by atoms with van der Waals surface area (Å²) in [5, 5.41) is 8.29. The van der Waals surface area contributed by atoms with E-state index >= 15 is 0 Å². The van der Waals surface area contributed by atoms with Crippen molar-refractivity contribution in [3.63, 3.8) is 0 Å². The minimum atomic E-state index is 0.352. The minimum absolute atomic E-state index is 0.352. The summed E-state index contributed by atoms with van der Waals surface area (Å²) in [6.07, 6.45) is 4.75. The molecule has 1 heterocycles. The second kappa shape index (κ2) is 6.13. The standard InChI is InChI=1S/C11H20ClN3/c1-9(2)4-5-13-6-10(3)15-8-11(12)7-14-15/h7-10,13H,4-6H2,1-3H3. The molecule has 0 saturated heterocycles. The van der Waals surface area contributed by atoms with Crippen LogP contribution in [0.5, 0.6) is 0 Å². The summed E-state index contributed by atoms with van der Waals surface area (Å²) in [7, 11) is 0. The molecule has 0 amide bonds. The SMILES string of the molecule is CC(C)CCNCC(C)n1cc(Cl)cn1. The van der Waals surface area contributed by atoms with Crippen LogP contribution < -0.4 is 5.32 Å². The third-order valence-electron chi connectivity index (χ3n) is 2.36. The highest BCUT2D eigenvalue weighted by molar-refractivity contribution is 6.30. The van der Waals surface area contributed by atoms with E-state index in [9.17, 15) is 0 Å². The van der Waals surface area contributed by atoms with Gasteiger partial charge in [-0.1, -0.05) is 25.4 Å². The maximum atomic E-state index is 5.80. The first kappa shape index (κ1) is 12.5. The van der Waals surface area contributed by atoms with Crippen molar-refractivity contribution in [2.45, 2.75) is 33.2 Å². The number of nitrogens with one attached hydrogen (secondary N) is 1. The molecule has 0 fully saturated rings. The monoisotopic (exact) mass is 229 g/mol. The van der Waals surface area contributed by atoms with Crippen molar-refractivity contribution in [1.82, 2.24) is 15.1 Å². The lowest BCUT2D eigenvalue weighted by atomic mass is 10.1. The lowest BCUT2D eigenvalue weighted by molar-refractivity contribution is 0.439. The fraction of sp³-hybridized carbons (Fsp3) is 0.727. The minimum Gasteiger partial charge on any atom is -0.315 e. The maximum Gasteiger partial charge on any atom is 0.0785 e. The van der Waals surface area contributed by atoms with E-state index in [4.69, 9.17) is 11.6 Å². The zero-order valence-corrected chi connectivity index (χ0v) is 10.5. The largest absolute Gasteiger partial charge is 0.315 e. The zero-order chi connectivity index (χ0) is 11.3. The molecule has 0 aliphatic heterocycles. The average Bonchev–Trinajstić information content (AvgIpc) is 2.59. The van der Waals surface area contributed by atoms with Crippen LogP contribution in [-0.2, 0) is 0 Å². The van der Waals surface area contributed by atoms with E-state index in [-0.39, 0.29) is 0 Å². The van der Waals surface area contributed by atoms with Crippen LogP contribution in [0, 0.1) is 5.92 Å². The van der Waals surface area contributed by atoms with Crippen LogP contribution in [0.25, 0.3) is 0 Å². The first-order valence-corrected chi connectivity index (χ1v) is 5.87. The maximum absolute atomic E-state index is 5.80. The van der Waals surface area contributed by atoms with Gasteiger partial charge >= 0.3 is 0 Å². The molecule has 0 aromatic carbocycles. The van der Waals surface area contributed by atoms with Crippen molar-refractivity contribution in [3.05, 3.63) is 17.4 Å². The first-order chi connectivity index (χ1) is 7.09. The summed E-state index contributed by atoms with van der Waals surface area (Å²) in [5.74, 6) is 0.756. The molecule has 1 aromatic heterocycles. The predicted molar refractivity (Wildman–Crippen MR) is 64.3 cm³/mol. The van der Waals surface area contributed by atoms with E-state index in [1.807, 2.05) is 10.9 Å². The number of halogens is 1. The Hall–Kier alpha value is -0.540. The van der Waals surface area contributed by atoms with E-state index in [0.717, 1.165) is 19.0 Å². The number of nitrogens with zero attached hydrogens (tertiary/aromatic N) is 2. The van der Waals surface area contributed by atoms with Gasteiger partial charge in [-0.05, 0) is 25.8 Å². The molecule has 0 spiro atoms. The highest BCUT2D eigenvalue weighted by atomic mass is 35.5. The van der Waals surface area contributed by atoms with Crippen LogP contribution in [0.15, 0.2) is 12.4 Å². The van der Waals surface area contributed by atoms with E-state index in [0.29, 0.717) is 11.1 Å². The van der Waals surface area contributed by atoms with Crippen LogP contribution in [0.4, 0.5) is 0 Å². The Labute approximate surface area is 96.8 Å². The second-order valence-corrected chi connectivity index (χ2v) is 4.81. The molecule has 86 valence electrons. The van der Waals surface area contributed by atoms with Gasteiger partial charge in [0.25, 0.3) is 0 Å². The van der Waals surface area contributed by atoms with Gasteiger partial charge in [-0.25, -0.2) is 0 Å². The summed E-state index contributed by atoms with van der Waals surface area (Å²) < 4.78 is 1.89. The topological polar surface area (TPSA) is 29.9 Å². The Morgan fingerprint density at radius 1 is 1.47 bits per heavy atom. The molecule has 0 saturated carbocycles. The summed E-state index contributed by atoms with van der Waals surface area (Å²) in [6, 6.07) is 0.352. The van der Waals surface area contributed by atoms with Crippen molar-refractivity contribution in [1.29, 1.82) is 0 Å². The van der Waals surface area contributed by atoms with Crippen molar-refractivity contribution < 1.29 is 0 Å². The molecule has 1 atom stereocenters. The Morgan fingerprint density at radius 3 is 2.73 bits per heavy atom. The lowest BCUT2D eigenvalue weighted by Crippen LogP contribution is -2.25. The highest BCUT2D eigenvalue weighted by Crippen LogP contribution is 2.09. The molecule has 1 aromatic rings. The summed E-state index contributed by atoms with van der Waals surface area (Å²) >= 11 is 5.80. The predicted octanol–water partition coefficient (Wildman–Crippen LogP) is 2.73. The van der Waals surface area contributed by atoms with Gasteiger partial charge in [0, 0.05) is 12.7 Å². The molecule has 0 bridgehead atoms. The number of hydrogen-bond donors (Lipinski definition) is 1. The van der Waals surface area contributed by atoms with Gasteiger partial charge in [-0.2, -0.15) is 5.10 Å². The van der Waals surface area contributed by atoms with Gasteiger partial charge < -0.3 is 5.32 Å². The van der Waals surface area contributed by atoms with Crippen LogP contribution in [0.1, 0.15) is 33.2 Å². The van der Waals surface area contributed by atoms with Crippen molar-refractivity contribution >= 4 is 11.6 Å². The zero-order valence-electron chi connectivity index (χ0n) is 9.70. The van der Waals surface area contributed by atoms with Gasteiger partial charge in [-0.3, -0.25) is 4.68 Å². The van der Waals surface area contributed by atoms with Crippen molar-refractivity contribution in [2.24, 2.45) is 5.92 Å². The quantitative estimate of drug-likeness (QED) is 0.761. The molecule has 0 radical (unpaired) electrons. The van der Waals surface area contributed by atoms with E-state index in [1.54, 1.807) is 6.20 Å². The molecule has 1 rings (SSSR count). The van der Waals surface area contributed by atoms with Gasteiger partial charge in [-0.15, -0.1) is 0 Å². The highest BCUT2D eigenvalue weighted by Gasteiger charge is 2.05. The molecule has 0 aliphatic rings.